The Hall–Kier alpha value is -3.02. The number of amides is 3. The van der Waals surface area contributed by atoms with Gasteiger partial charge in [0.05, 0.1) is 34.6 Å². The number of carbonyl (C=O) groups is 5. The number of benzene rings is 3. The third kappa shape index (κ3) is 5.01. The van der Waals surface area contributed by atoms with Crippen LogP contribution in [0, 0.1) is 11.8 Å². The molecule has 0 N–H and O–H groups in total. The van der Waals surface area contributed by atoms with E-state index in [1.165, 1.54) is 61.7 Å². The molecule has 1 saturated carbocycles. The largest absolute Gasteiger partial charge is 0.497 e. The van der Waals surface area contributed by atoms with E-state index in [1.54, 1.807) is 18.2 Å². The number of imide groups is 1. The Labute approximate surface area is 308 Å². The van der Waals surface area contributed by atoms with E-state index in [-0.39, 0.29) is 32.5 Å². The highest BCUT2D eigenvalue weighted by Crippen LogP contribution is 2.77. The third-order valence-corrected chi connectivity index (χ3v) is 12.9. The fourth-order valence-electron chi connectivity index (χ4n) is 6.05. The van der Waals surface area contributed by atoms with E-state index in [9.17, 15) is 24.0 Å². The van der Waals surface area contributed by atoms with Gasteiger partial charge in [-0.1, -0.05) is 64.1 Å². The molecule has 16 heteroatoms. The summed E-state index contributed by atoms with van der Waals surface area (Å²) in [7, 11) is 1.46. The van der Waals surface area contributed by atoms with E-state index in [0.29, 0.717) is 20.8 Å². The average molecular weight is 792 g/mol. The Balaban J connectivity index is 1.30. The molecule has 6 rings (SSSR count). The smallest absolute Gasteiger partial charge is 0.343 e. The molecule has 248 valence electrons. The summed E-state index contributed by atoms with van der Waals surface area (Å²) in [6.07, 6.45) is 0. The predicted octanol–water partition coefficient (Wildman–Crippen LogP) is 7.25. The van der Waals surface area contributed by atoms with Crippen molar-refractivity contribution in [1.82, 2.24) is 10.0 Å². The number of fused-ring (bicyclic) bond motifs is 5. The highest BCUT2D eigenvalue weighted by molar-refractivity contribution is 6.66. The van der Waals surface area contributed by atoms with Gasteiger partial charge in [-0.05, 0) is 66.7 Å². The number of carbonyl (C=O) groups excluding carboxylic acids is 5. The molecule has 3 aliphatic rings. The van der Waals surface area contributed by atoms with Gasteiger partial charge in [-0.25, -0.2) is 9.80 Å². The van der Waals surface area contributed by atoms with E-state index >= 15 is 0 Å². The number of allylic oxidation sites excluding steroid dienone is 2. The maximum Gasteiger partial charge on any atom is 0.343 e. The van der Waals surface area contributed by atoms with Crippen molar-refractivity contribution in [3.8, 4) is 11.5 Å². The van der Waals surface area contributed by atoms with Crippen molar-refractivity contribution in [2.45, 2.75) is 14.1 Å². The van der Waals surface area contributed by atoms with Crippen LogP contribution in [0.5, 0.6) is 11.5 Å². The van der Waals surface area contributed by atoms with E-state index in [0.717, 1.165) is 0 Å². The van der Waals surface area contributed by atoms with Crippen LogP contribution in [0.3, 0.4) is 0 Å². The molecule has 3 amide bonds. The second-order valence-electron chi connectivity index (χ2n) is 11.0. The van der Waals surface area contributed by atoms with E-state index < -0.39 is 61.9 Å². The predicted molar refractivity (Wildman–Crippen MR) is 180 cm³/mol. The number of ether oxygens (including phenoxy) is 2. The Morgan fingerprint density at radius 2 is 1.29 bits per heavy atom. The van der Waals surface area contributed by atoms with Crippen LogP contribution in [0.15, 0.2) is 82.9 Å². The normalized spacial score (nSPS) is 25.3. The Kier molecular flexibility index (Phi) is 8.99. The standard InChI is InChI=1S/C32H19Cl7N2O7/c1-47-20-4-2-3-17(13-20)29(46)48-19-11-7-15(8-12-19)21(42)14-40(26(43)16-5-9-18(33)10-6-16)41-27(44)22-23(28(41)45)31(37)25(35)24(34)30(22,36)32(31,38)39/h2-13,22-23H,14H2,1H3/t22-,23-,30+,31+/m0/s1. The van der Waals surface area contributed by atoms with Crippen LogP contribution in [0.25, 0.3) is 0 Å². The molecular weight excluding hydrogens is 773 g/mol. The number of Topliss-reactive ketones (excluding diaryl/α,β-unsaturated/α-hetero) is 1. The maximum atomic E-state index is 14.1. The summed E-state index contributed by atoms with van der Waals surface area (Å²) >= 11 is 45.6. The van der Waals surface area contributed by atoms with Gasteiger partial charge in [0, 0.05) is 16.1 Å². The molecule has 0 unspecified atom stereocenters. The van der Waals surface area contributed by atoms with Gasteiger partial charge in [0.2, 0.25) is 0 Å². The Morgan fingerprint density at radius 1 is 0.750 bits per heavy atom. The summed E-state index contributed by atoms with van der Waals surface area (Å²) < 4.78 is 8.34. The molecule has 2 aliphatic carbocycles. The zero-order valence-corrected chi connectivity index (χ0v) is 29.5. The Morgan fingerprint density at radius 3 is 1.83 bits per heavy atom. The van der Waals surface area contributed by atoms with Crippen molar-refractivity contribution in [3.05, 3.63) is 105 Å². The second kappa shape index (κ2) is 12.4. The minimum atomic E-state index is -2.19. The lowest BCUT2D eigenvalue weighted by atomic mass is 9.84. The van der Waals surface area contributed by atoms with Crippen molar-refractivity contribution >= 4 is 111 Å². The summed E-state index contributed by atoms with van der Waals surface area (Å²) in [5, 5.41) is 0.871. The van der Waals surface area contributed by atoms with Crippen molar-refractivity contribution in [1.29, 1.82) is 0 Å². The van der Waals surface area contributed by atoms with Gasteiger partial charge in [0.15, 0.2) is 10.1 Å². The molecular formula is C32H19Cl7N2O7. The minimum Gasteiger partial charge on any atom is -0.497 e. The number of rotatable bonds is 8. The number of hydrogen-bond acceptors (Lipinski definition) is 7. The summed E-state index contributed by atoms with van der Waals surface area (Å²) in [5.74, 6) is -6.80. The molecule has 48 heavy (non-hydrogen) atoms. The minimum absolute atomic E-state index is 0.00738. The first-order chi connectivity index (χ1) is 22.6. The summed E-state index contributed by atoms with van der Waals surface area (Å²) in [4.78, 5) is 64.0. The van der Waals surface area contributed by atoms with Gasteiger partial charge in [-0.15, -0.1) is 23.2 Å². The molecule has 3 aromatic carbocycles. The van der Waals surface area contributed by atoms with Crippen LogP contribution in [0.4, 0.5) is 0 Å². The number of methoxy groups -OCH3 is 1. The molecule has 2 fully saturated rings. The van der Waals surface area contributed by atoms with Crippen LogP contribution >= 0.6 is 81.2 Å². The molecule has 1 aliphatic heterocycles. The fraction of sp³-hybridized carbons (Fsp3) is 0.219. The molecule has 9 nitrogen and oxygen atoms in total. The zero-order valence-electron chi connectivity index (χ0n) is 24.2. The zero-order chi connectivity index (χ0) is 34.9. The number of hydrogen-bond donors (Lipinski definition) is 0. The van der Waals surface area contributed by atoms with Crippen LogP contribution in [-0.2, 0) is 9.59 Å². The lowest BCUT2D eigenvalue weighted by Crippen LogP contribution is -2.56. The average Bonchev–Trinajstić information content (AvgIpc) is 3.46. The molecule has 4 atom stereocenters. The topological polar surface area (TPSA) is 110 Å². The second-order valence-corrected chi connectivity index (χ2v) is 14.7. The molecule has 2 bridgehead atoms. The molecule has 0 spiro atoms. The lowest BCUT2D eigenvalue weighted by Gasteiger charge is -2.36. The highest BCUT2D eigenvalue weighted by Gasteiger charge is 2.88. The molecule has 0 aromatic heterocycles. The van der Waals surface area contributed by atoms with E-state index in [1.807, 2.05) is 0 Å². The number of alkyl halides is 4. The van der Waals surface area contributed by atoms with Crippen molar-refractivity contribution in [2.24, 2.45) is 11.8 Å². The molecule has 1 heterocycles. The van der Waals surface area contributed by atoms with E-state index in [4.69, 9.17) is 90.7 Å². The first-order valence-corrected chi connectivity index (χ1v) is 16.5. The monoisotopic (exact) mass is 788 g/mol. The van der Waals surface area contributed by atoms with Gasteiger partial charge in [-0.2, -0.15) is 5.01 Å². The van der Waals surface area contributed by atoms with Crippen LogP contribution in [0.1, 0.15) is 31.1 Å². The van der Waals surface area contributed by atoms with E-state index in [2.05, 4.69) is 0 Å². The lowest BCUT2D eigenvalue weighted by molar-refractivity contribution is -0.154. The molecule has 1 saturated heterocycles. The summed E-state index contributed by atoms with van der Waals surface area (Å²) in [5.41, 5.74) is 0.284. The third-order valence-electron chi connectivity index (χ3n) is 8.44. The summed E-state index contributed by atoms with van der Waals surface area (Å²) in [6, 6.07) is 17.3. The van der Waals surface area contributed by atoms with Gasteiger partial charge in [0.25, 0.3) is 17.7 Å². The van der Waals surface area contributed by atoms with Gasteiger partial charge >= 0.3 is 5.97 Å². The molecule has 0 radical (unpaired) electrons. The van der Waals surface area contributed by atoms with Crippen LogP contribution in [0.2, 0.25) is 5.02 Å². The maximum absolute atomic E-state index is 14.1. The number of halogens is 7. The van der Waals surface area contributed by atoms with Crippen molar-refractivity contribution < 1.29 is 33.4 Å². The molecule has 3 aromatic rings. The van der Waals surface area contributed by atoms with Gasteiger partial charge in [0.1, 0.15) is 27.8 Å². The number of nitrogens with zero attached hydrogens (tertiary/aromatic N) is 2. The van der Waals surface area contributed by atoms with Crippen molar-refractivity contribution in [2.75, 3.05) is 13.7 Å². The Bertz CT molecular complexity index is 1890. The summed E-state index contributed by atoms with van der Waals surface area (Å²) in [6.45, 7) is -0.798. The number of ketones is 1. The number of esters is 1. The quantitative estimate of drug-likeness (QED) is 0.0778. The van der Waals surface area contributed by atoms with Crippen LogP contribution in [-0.4, -0.2) is 67.2 Å². The SMILES string of the molecule is COc1cccc(C(=O)Oc2ccc(C(=O)CN(C(=O)c3ccc(Cl)cc3)N3C(=O)[C@@H]4[C@@H](C3=O)[C@@]3(Cl)C(Cl)=C(Cl)[C@@]4(Cl)C3(Cl)Cl)cc2)c1. The number of hydrazine groups is 1. The fourth-order valence-corrected chi connectivity index (χ4v) is 9.10. The first kappa shape index (κ1) is 34.8. The van der Waals surface area contributed by atoms with Gasteiger partial charge in [-0.3, -0.25) is 19.2 Å². The van der Waals surface area contributed by atoms with Crippen molar-refractivity contribution in [3.63, 3.8) is 0 Å². The highest BCUT2D eigenvalue weighted by atomic mass is 35.5. The van der Waals surface area contributed by atoms with Crippen LogP contribution < -0.4 is 9.47 Å². The van der Waals surface area contributed by atoms with Gasteiger partial charge < -0.3 is 9.47 Å². The first-order valence-electron chi connectivity index (χ1n) is 13.9.